The van der Waals surface area contributed by atoms with Crippen molar-refractivity contribution in [2.45, 2.75) is 157 Å². The van der Waals surface area contributed by atoms with E-state index in [4.69, 9.17) is 4.74 Å². The minimum absolute atomic E-state index is 0.0237. The van der Waals surface area contributed by atoms with E-state index in [1.807, 2.05) is 0 Å². The molecule has 3 atom stereocenters. The predicted molar refractivity (Wildman–Crippen MR) is 179 cm³/mol. The molecular weight excluding hydrogens is 488 g/mol. The lowest BCUT2D eigenvalue weighted by Gasteiger charge is -2.16. The molecule has 0 rings (SSSR count). The normalized spacial score (nSPS) is 14.8. The van der Waals surface area contributed by atoms with Crippen molar-refractivity contribution in [2.75, 3.05) is 6.61 Å². The van der Waals surface area contributed by atoms with Gasteiger partial charge in [-0.05, 0) is 75.0 Å². The first-order valence-electron chi connectivity index (χ1n) is 17.1. The fourth-order valence-corrected chi connectivity index (χ4v) is 5.01. The topological polar surface area (TPSA) is 26.3 Å². The molecule has 0 bridgehead atoms. The van der Waals surface area contributed by atoms with E-state index in [-0.39, 0.29) is 5.97 Å². The molecule has 0 aromatic carbocycles. The maximum Gasteiger partial charge on any atom is 0.305 e. The molecule has 0 amide bonds. The molecule has 0 aliphatic heterocycles. The van der Waals surface area contributed by atoms with Crippen LogP contribution >= 0.6 is 0 Å². The first-order chi connectivity index (χ1) is 19.3. The summed E-state index contributed by atoms with van der Waals surface area (Å²) < 4.78 is 5.50. The third-order valence-electron chi connectivity index (χ3n) is 7.86. The Labute approximate surface area is 251 Å². The van der Waals surface area contributed by atoms with Gasteiger partial charge in [0.15, 0.2) is 0 Å². The molecule has 2 heteroatoms. The van der Waals surface area contributed by atoms with E-state index in [1.54, 1.807) is 0 Å². The third kappa shape index (κ3) is 29.4. The summed E-state index contributed by atoms with van der Waals surface area (Å²) in [4.78, 5) is 12.0. The lowest BCUT2D eigenvalue weighted by Crippen LogP contribution is -2.09. The second-order valence-corrected chi connectivity index (χ2v) is 12.8. The van der Waals surface area contributed by atoms with Crippen LogP contribution in [0.25, 0.3) is 0 Å². The van der Waals surface area contributed by atoms with Crippen molar-refractivity contribution in [2.24, 2.45) is 23.7 Å². The Bertz CT molecular complexity index is 669. The second kappa shape index (κ2) is 28.9. The number of carbonyl (C=O) groups excluding carboxylic acids is 1. The standard InChI is InChI=1S/C38H68O2/c1-7-8-9-10-11-12-13-14-15-16-17-18-19-20-21-31-38(39)40-33-32-37(6)30-24-29-36(5)28-23-27-35(4)26-22-25-34(2)3/h8-9,11-12,14-15,17-18,34-37H,7,10,13,16,19-33H2,1-6H3/b9-8-,12-11-,15-14-,18-17-. The lowest BCUT2D eigenvalue weighted by atomic mass is 9.91. The average Bonchev–Trinajstić information content (AvgIpc) is 2.90. The number of rotatable bonds is 27. The summed E-state index contributed by atoms with van der Waals surface area (Å²) in [6, 6.07) is 0. The number of allylic oxidation sites excluding steroid dienone is 8. The zero-order valence-corrected chi connectivity index (χ0v) is 27.7. The van der Waals surface area contributed by atoms with Crippen molar-refractivity contribution >= 4 is 5.97 Å². The summed E-state index contributed by atoms with van der Waals surface area (Å²) in [5, 5.41) is 0. The Kier molecular flexibility index (Phi) is 27.8. The number of esters is 1. The van der Waals surface area contributed by atoms with E-state index in [2.05, 4.69) is 90.2 Å². The second-order valence-electron chi connectivity index (χ2n) is 12.8. The van der Waals surface area contributed by atoms with Crippen molar-refractivity contribution in [1.29, 1.82) is 0 Å². The van der Waals surface area contributed by atoms with Gasteiger partial charge in [0.05, 0.1) is 6.61 Å². The molecule has 0 aromatic rings. The minimum atomic E-state index is -0.0237. The molecular formula is C38H68O2. The van der Waals surface area contributed by atoms with Gasteiger partial charge >= 0.3 is 5.97 Å². The largest absolute Gasteiger partial charge is 0.466 e. The summed E-state index contributed by atoms with van der Waals surface area (Å²) in [5.74, 6) is 3.19. The predicted octanol–water partition coefficient (Wildman–Crippen LogP) is 12.4. The first-order valence-corrected chi connectivity index (χ1v) is 17.1. The molecule has 0 spiro atoms. The molecule has 0 saturated heterocycles. The summed E-state index contributed by atoms with van der Waals surface area (Å²) in [6.45, 7) is 14.6. The van der Waals surface area contributed by atoms with E-state index in [0.717, 1.165) is 69.1 Å². The summed E-state index contributed by atoms with van der Waals surface area (Å²) in [6.07, 6.45) is 38.7. The monoisotopic (exact) mass is 557 g/mol. The van der Waals surface area contributed by atoms with E-state index < -0.39 is 0 Å². The highest BCUT2D eigenvalue weighted by Gasteiger charge is 2.09. The fraction of sp³-hybridized carbons (Fsp3) is 0.763. The smallest absolute Gasteiger partial charge is 0.305 e. The molecule has 232 valence electrons. The highest BCUT2D eigenvalue weighted by molar-refractivity contribution is 5.69. The van der Waals surface area contributed by atoms with Crippen molar-refractivity contribution in [1.82, 2.24) is 0 Å². The van der Waals surface area contributed by atoms with Gasteiger partial charge in [-0.2, -0.15) is 0 Å². The van der Waals surface area contributed by atoms with E-state index in [9.17, 15) is 4.79 Å². The van der Waals surface area contributed by atoms with Crippen molar-refractivity contribution in [3.8, 4) is 0 Å². The zero-order valence-electron chi connectivity index (χ0n) is 27.7. The van der Waals surface area contributed by atoms with Crippen molar-refractivity contribution in [3.05, 3.63) is 48.6 Å². The molecule has 0 N–H and O–H groups in total. The van der Waals surface area contributed by atoms with Gasteiger partial charge in [-0.1, -0.05) is 148 Å². The Balaban J connectivity index is 3.61. The quantitative estimate of drug-likeness (QED) is 0.0571. The molecule has 0 aliphatic rings. The van der Waals surface area contributed by atoms with Crippen LogP contribution < -0.4 is 0 Å². The van der Waals surface area contributed by atoms with Gasteiger partial charge in [0, 0.05) is 6.42 Å². The van der Waals surface area contributed by atoms with Crippen molar-refractivity contribution < 1.29 is 9.53 Å². The van der Waals surface area contributed by atoms with Gasteiger partial charge in [0.1, 0.15) is 0 Å². The molecule has 40 heavy (non-hydrogen) atoms. The first kappa shape index (κ1) is 38.4. The van der Waals surface area contributed by atoms with Crippen LogP contribution in [0.5, 0.6) is 0 Å². The summed E-state index contributed by atoms with van der Waals surface area (Å²) >= 11 is 0. The Morgan fingerprint density at radius 1 is 0.550 bits per heavy atom. The lowest BCUT2D eigenvalue weighted by molar-refractivity contribution is -0.144. The Morgan fingerprint density at radius 3 is 1.50 bits per heavy atom. The molecule has 0 saturated carbocycles. The zero-order chi connectivity index (χ0) is 29.7. The molecule has 0 aromatic heterocycles. The van der Waals surface area contributed by atoms with Gasteiger partial charge in [-0.25, -0.2) is 0 Å². The van der Waals surface area contributed by atoms with Crippen molar-refractivity contribution in [3.63, 3.8) is 0 Å². The van der Waals surface area contributed by atoms with Crippen LogP contribution in [0, 0.1) is 23.7 Å². The molecule has 0 fully saturated rings. The van der Waals surface area contributed by atoms with E-state index in [0.29, 0.717) is 18.9 Å². The number of hydrogen-bond donors (Lipinski definition) is 0. The SMILES string of the molecule is CC/C=C\C/C=C\C/C=C\C/C=C\CCCCC(=O)OCCC(C)CCCC(C)CCCC(C)CCCC(C)C. The number of hydrogen-bond acceptors (Lipinski definition) is 2. The Morgan fingerprint density at radius 2 is 1.00 bits per heavy atom. The average molecular weight is 557 g/mol. The summed E-state index contributed by atoms with van der Waals surface area (Å²) in [7, 11) is 0. The highest BCUT2D eigenvalue weighted by Crippen LogP contribution is 2.22. The maximum absolute atomic E-state index is 12.0. The highest BCUT2D eigenvalue weighted by atomic mass is 16.5. The number of carbonyl (C=O) groups is 1. The number of ether oxygens (including phenoxy) is 1. The van der Waals surface area contributed by atoms with Crippen LogP contribution in [0.1, 0.15) is 157 Å². The van der Waals surface area contributed by atoms with Crippen LogP contribution in [-0.2, 0) is 9.53 Å². The van der Waals surface area contributed by atoms with Crippen LogP contribution in [0.15, 0.2) is 48.6 Å². The van der Waals surface area contributed by atoms with Gasteiger partial charge in [0.25, 0.3) is 0 Å². The maximum atomic E-state index is 12.0. The molecule has 3 unspecified atom stereocenters. The van der Waals surface area contributed by atoms with Gasteiger partial charge < -0.3 is 4.74 Å². The van der Waals surface area contributed by atoms with Crippen LogP contribution in [-0.4, -0.2) is 12.6 Å². The molecule has 2 nitrogen and oxygen atoms in total. The number of unbranched alkanes of at least 4 members (excludes halogenated alkanes) is 2. The van der Waals surface area contributed by atoms with Crippen LogP contribution in [0.4, 0.5) is 0 Å². The van der Waals surface area contributed by atoms with E-state index >= 15 is 0 Å². The van der Waals surface area contributed by atoms with Gasteiger partial charge in [-0.3, -0.25) is 4.79 Å². The molecule has 0 aliphatic carbocycles. The van der Waals surface area contributed by atoms with Gasteiger partial charge in [0.2, 0.25) is 0 Å². The molecule has 0 radical (unpaired) electrons. The fourth-order valence-electron chi connectivity index (χ4n) is 5.01. The van der Waals surface area contributed by atoms with Crippen LogP contribution in [0.3, 0.4) is 0 Å². The van der Waals surface area contributed by atoms with E-state index in [1.165, 1.54) is 57.8 Å². The van der Waals surface area contributed by atoms with Gasteiger partial charge in [-0.15, -0.1) is 0 Å². The Hall–Kier alpha value is -1.57. The third-order valence-corrected chi connectivity index (χ3v) is 7.86. The minimum Gasteiger partial charge on any atom is -0.466 e. The summed E-state index contributed by atoms with van der Waals surface area (Å²) in [5.41, 5.74) is 0. The molecule has 0 heterocycles. The van der Waals surface area contributed by atoms with Crippen LogP contribution in [0.2, 0.25) is 0 Å².